The number of carbonyl (C=O) groups excluding carboxylic acids is 1. The first-order valence-corrected chi connectivity index (χ1v) is 4.77. The van der Waals surface area contributed by atoms with Crippen LogP contribution in [0.3, 0.4) is 0 Å². The van der Waals surface area contributed by atoms with Crippen molar-refractivity contribution in [2.24, 2.45) is 0 Å². The molecule has 6 heteroatoms. The largest absolute Gasteiger partial charge is 0.479 e. The maximum Gasteiger partial charge on any atom is 0.334 e. The van der Waals surface area contributed by atoms with Gasteiger partial charge in [-0.15, -0.1) is 0 Å². The minimum Gasteiger partial charge on any atom is -0.479 e. The molecular weight excluding hydrogens is 206 g/mol. The van der Waals surface area contributed by atoms with E-state index in [9.17, 15) is 9.59 Å². The lowest BCUT2D eigenvalue weighted by Crippen LogP contribution is -2.36. The number of aliphatic carboxylic acids is 1. The minimum absolute atomic E-state index is 0.288. The predicted octanol–water partition coefficient (Wildman–Crippen LogP) is -0.0766. The van der Waals surface area contributed by atoms with E-state index in [1.807, 2.05) is 0 Å². The van der Waals surface area contributed by atoms with Gasteiger partial charge in [-0.25, -0.2) is 4.79 Å². The van der Waals surface area contributed by atoms with E-state index < -0.39 is 12.1 Å². The highest BCUT2D eigenvalue weighted by Crippen LogP contribution is 2.04. The Morgan fingerprint density at radius 1 is 1.57 bits per heavy atom. The molecule has 3 N–H and O–H groups in total. The molecule has 0 radical (unpaired) electrons. The first-order chi connectivity index (χ1) is 6.61. The number of carbonyl (C=O) groups is 2. The maximum atomic E-state index is 11.2. The maximum absolute atomic E-state index is 11.2. The predicted molar refractivity (Wildman–Crippen MR) is 50.3 cm³/mol. The van der Waals surface area contributed by atoms with Crippen LogP contribution in [-0.2, 0) is 4.79 Å². The van der Waals surface area contributed by atoms with Crippen LogP contribution in [0.1, 0.15) is 10.4 Å². The quantitative estimate of drug-likeness (QED) is 0.655. The van der Waals surface area contributed by atoms with Crippen LogP contribution in [-0.4, -0.2) is 34.7 Å². The molecule has 0 aliphatic rings. The van der Waals surface area contributed by atoms with E-state index >= 15 is 0 Å². The van der Waals surface area contributed by atoms with Gasteiger partial charge in [-0.1, -0.05) is 0 Å². The molecule has 1 aromatic rings. The van der Waals surface area contributed by atoms with Gasteiger partial charge in [0.05, 0.1) is 6.54 Å². The Balaban J connectivity index is 2.40. The van der Waals surface area contributed by atoms with Crippen LogP contribution in [0.4, 0.5) is 0 Å². The van der Waals surface area contributed by atoms with Gasteiger partial charge in [-0.2, -0.15) is 11.3 Å². The van der Waals surface area contributed by atoms with Crippen molar-refractivity contribution in [1.82, 2.24) is 5.32 Å². The minimum atomic E-state index is -1.56. The Morgan fingerprint density at radius 3 is 2.79 bits per heavy atom. The fourth-order valence-corrected chi connectivity index (χ4v) is 1.41. The molecule has 1 atom stereocenters. The number of aliphatic hydroxyl groups is 1. The summed E-state index contributed by atoms with van der Waals surface area (Å²) in [7, 11) is 0. The molecule has 1 rings (SSSR count). The van der Waals surface area contributed by atoms with E-state index in [-0.39, 0.29) is 12.5 Å². The number of nitrogens with one attached hydrogen (secondary N) is 1. The smallest absolute Gasteiger partial charge is 0.334 e. The number of carboxylic acid groups (broad SMARTS) is 1. The fourth-order valence-electron chi connectivity index (χ4n) is 0.772. The zero-order chi connectivity index (χ0) is 10.6. The van der Waals surface area contributed by atoms with Crippen LogP contribution in [0.5, 0.6) is 0 Å². The number of thiophene rings is 1. The van der Waals surface area contributed by atoms with Crippen molar-refractivity contribution in [2.75, 3.05) is 6.54 Å². The zero-order valence-electron chi connectivity index (χ0n) is 7.14. The molecule has 0 fully saturated rings. The number of aliphatic hydroxyl groups excluding tert-OH is 1. The van der Waals surface area contributed by atoms with Gasteiger partial charge in [0.15, 0.2) is 6.10 Å². The van der Waals surface area contributed by atoms with Gasteiger partial charge >= 0.3 is 5.97 Å². The average Bonchev–Trinajstić information content (AvgIpc) is 2.66. The molecule has 5 nitrogen and oxygen atoms in total. The molecule has 14 heavy (non-hydrogen) atoms. The molecule has 0 bridgehead atoms. The standard InChI is InChI=1S/C8H9NO4S/c10-6(8(12)13)3-9-7(11)5-1-2-14-4-5/h1-2,4,6,10H,3H2,(H,9,11)(H,12,13). The van der Waals surface area contributed by atoms with Gasteiger partial charge in [-0.3, -0.25) is 4.79 Å². The molecule has 0 aromatic carbocycles. The Hall–Kier alpha value is -1.40. The molecule has 0 aliphatic carbocycles. The summed E-state index contributed by atoms with van der Waals surface area (Å²) >= 11 is 1.37. The third-order valence-electron chi connectivity index (χ3n) is 1.52. The van der Waals surface area contributed by atoms with Crippen LogP contribution >= 0.6 is 11.3 Å². The molecule has 0 saturated carbocycles. The van der Waals surface area contributed by atoms with E-state index in [1.54, 1.807) is 16.8 Å². The van der Waals surface area contributed by atoms with E-state index in [2.05, 4.69) is 5.32 Å². The number of rotatable bonds is 4. The van der Waals surface area contributed by atoms with Gasteiger partial charge in [-0.05, 0) is 11.4 Å². The summed E-state index contributed by atoms with van der Waals surface area (Å²) in [5, 5.41) is 22.9. The molecule has 1 unspecified atom stereocenters. The normalized spacial score (nSPS) is 12.1. The van der Waals surface area contributed by atoms with Crippen LogP contribution in [0.2, 0.25) is 0 Å². The van der Waals surface area contributed by atoms with Crippen LogP contribution < -0.4 is 5.32 Å². The highest BCUT2D eigenvalue weighted by Gasteiger charge is 2.14. The highest BCUT2D eigenvalue weighted by atomic mass is 32.1. The molecule has 1 aromatic heterocycles. The first-order valence-electron chi connectivity index (χ1n) is 3.82. The van der Waals surface area contributed by atoms with Crippen molar-refractivity contribution >= 4 is 23.2 Å². The third kappa shape index (κ3) is 2.82. The Kier molecular flexibility index (Phi) is 3.61. The Labute approximate surface area is 84.0 Å². The second-order valence-electron chi connectivity index (χ2n) is 2.58. The van der Waals surface area contributed by atoms with Gasteiger partial charge in [0.2, 0.25) is 0 Å². The SMILES string of the molecule is O=C(NCC(O)C(=O)O)c1ccsc1. The number of hydrogen-bond acceptors (Lipinski definition) is 4. The fraction of sp³-hybridized carbons (Fsp3) is 0.250. The van der Waals surface area contributed by atoms with Crippen molar-refractivity contribution < 1.29 is 19.8 Å². The summed E-state index contributed by atoms with van der Waals surface area (Å²) in [5.41, 5.74) is 0.465. The first kappa shape index (κ1) is 10.7. The van der Waals surface area contributed by atoms with Crippen molar-refractivity contribution in [3.05, 3.63) is 22.4 Å². The van der Waals surface area contributed by atoms with Crippen molar-refractivity contribution in [3.8, 4) is 0 Å². The molecule has 1 amide bonds. The highest BCUT2D eigenvalue weighted by molar-refractivity contribution is 7.08. The average molecular weight is 215 g/mol. The molecule has 1 heterocycles. The van der Waals surface area contributed by atoms with Gasteiger partial charge in [0, 0.05) is 10.9 Å². The summed E-state index contributed by atoms with van der Waals surface area (Å²) < 4.78 is 0. The number of amides is 1. The Bertz CT molecular complexity index is 322. The van der Waals surface area contributed by atoms with Crippen molar-refractivity contribution in [2.45, 2.75) is 6.10 Å². The van der Waals surface area contributed by atoms with E-state index in [0.29, 0.717) is 5.56 Å². The van der Waals surface area contributed by atoms with E-state index in [4.69, 9.17) is 10.2 Å². The Morgan fingerprint density at radius 2 is 2.29 bits per heavy atom. The topological polar surface area (TPSA) is 86.6 Å². The lowest BCUT2D eigenvalue weighted by Gasteiger charge is -2.06. The lowest BCUT2D eigenvalue weighted by atomic mass is 10.3. The summed E-state index contributed by atoms with van der Waals surface area (Å²) in [6, 6.07) is 1.62. The van der Waals surface area contributed by atoms with E-state index in [1.165, 1.54) is 11.3 Å². The van der Waals surface area contributed by atoms with E-state index in [0.717, 1.165) is 0 Å². The summed E-state index contributed by atoms with van der Waals surface area (Å²) in [5.74, 6) is -1.73. The third-order valence-corrected chi connectivity index (χ3v) is 2.21. The van der Waals surface area contributed by atoms with Gasteiger partial charge in [0.1, 0.15) is 0 Å². The second kappa shape index (κ2) is 4.73. The molecule has 0 saturated heterocycles. The summed E-state index contributed by atoms with van der Waals surface area (Å²) in [6.07, 6.45) is -1.56. The molecule has 0 aliphatic heterocycles. The lowest BCUT2D eigenvalue weighted by molar-refractivity contribution is -0.146. The second-order valence-corrected chi connectivity index (χ2v) is 3.36. The molecule has 0 spiro atoms. The van der Waals surface area contributed by atoms with Crippen molar-refractivity contribution in [3.63, 3.8) is 0 Å². The van der Waals surface area contributed by atoms with Gasteiger partial charge in [0.25, 0.3) is 5.91 Å². The monoisotopic (exact) mass is 215 g/mol. The number of hydrogen-bond donors (Lipinski definition) is 3. The summed E-state index contributed by atoms with van der Waals surface area (Å²) in [6.45, 7) is -0.288. The van der Waals surface area contributed by atoms with Gasteiger partial charge < -0.3 is 15.5 Å². The van der Waals surface area contributed by atoms with Crippen LogP contribution in [0, 0.1) is 0 Å². The zero-order valence-corrected chi connectivity index (χ0v) is 7.95. The van der Waals surface area contributed by atoms with Crippen LogP contribution in [0.15, 0.2) is 16.8 Å². The van der Waals surface area contributed by atoms with Crippen LogP contribution in [0.25, 0.3) is 0 Å². The molecule has 76 valence electrons. The molecular formula is C8H9NO4S. The van der Waals surface area contributed by atoms with Crippen molar-refractivity contribution in [1.29, 1.82) is 0 Å². The summed E-state index contributed by atoms with van der Waals surface area (Å²) in [4.78, 5) is 21.4. The number of carboxylic acids is 1.